The van der Waals surface area contributed by atoms with Crippen molar-refractivity contribution in [3.05, 3.63) is 114 Å². The van der Waals surface area contributed by atoms with Gasteiger partial charge in [-0.15, -0.1) is 10.2 Å². The van der Waals surface area contributed by atoms with E-state index in [1.807, 2.05) is 72.2 Å². The van der Waals surface area contributed by atoms with Crippen LogP contribution in [0.25, 0.3) is 33.5 Å². The summed E-state index contributed by atoms with van der Waals surface area (Å²) in [6, 6.07) is 32.5. The van der Waals surface area contributed by atoms with Crippen molar-refractivity contribution < 1.29 is 9.53 Å². The van der Waals surface area contributed by atoms with Gasteiger partial charge in [-0.25, -0.2) is 0 Å². The van der Waals surface area contributed by atoms with E-state index >= 15 is 0 Å². The fraction of sp³-hybridized carbons (Fsp3) is 0.156. The third kappa shape index (κ3) is 5.56. The van der Waals surface area contributed by atoms with Gasteiger partial charge >= 0.3 is 0 Å². The lowest BCUT2D eigenvalue weighted by Gasteiger charge is -2.13. The van der Waals surface area contributed by atoms with Crippen molar-refractivity contribution in [2.45, 2.75) is 19.9 Å². The smallest absolute Gasteiger partial charge is 0.297 e. The van der Waals surface area contributed by atoms with Crippen molar-refractivity contribution in [2.75, 3.05) is 13.2 Å². The third-order valence-electron chi connectivity index (χ3n) is 6.91. The molecular formula is C32H29N7O2. The van der Waals surface area contributed by atoms with Gasteiger partial charge in [0.1, 0.15) is 0 Å². The summed E-state index contributed by atoms with van der Waals surface area (Å²) < 4.78 is 7.89. The van der Waals surface area contributed by atoms with E-state index in [0.29, 0.717) is 37.1 Å². The number of nitrogens with zero attached hydrogens (tertiary/aromatic N) is 5. The van der Waals surface area contributed by atoms with Crippen LogP contribution in [0.1, 0.15) is 28.4 Å². The highest BCUT2D eigenvalue weighted by molar-refractivity contribution is 6.05. The molecule has 2 heterocycles. The largest absolute Gasteiger partial charge is 0.465 e. The lowest BCUT2D eigenvalue weighted by molar-refractivity contribution is 0.0955. The lowest BCUT2D eigenvalue weighted by Crippen LogP contribution is -2.26. The molecule has 0 bridgehead atoms. The molecule has 0 radical (unpaired) electrons. The number of aromatic nitrogens is 6. The molecule has 6 rings (SSSR count). The van der Waals surface area contributed by atoms with Gasteiger partial charge in [0, 0.05) is 12.1 Å². The van der Waals surface area contributed by atoms with Crippen molar-refractivity contribution in [3.8, 4) is 28.5 Å². The van der Waals surface area contributed by atoms with Crippen LogP contribution in [0.5, 0.6) is 6.01 Å². The Labute approximate surface area is 237 Å². The average Bonchev–Trinajstić information content (AvgIpc) is 3.67. The first kappa shape index (κ1) is 25.9. The van der Waals surface area contributed by atoms with Gasteiger partial charge in [-0.1, -0.05) is 84.9 Å². The number of carbonyl (C=O) groups is 1. The fourth-order valence-electron chi connectivity index (χ4n) is 4.97. The number of imidazole rings is 1. The van der Waals surface area contributed by atoms with Crippen LogP contribution in [0.2, 0.25) is 0 Å². The van der Waals surface area contributed by atoms with Crippen LogP contribution in [0, 0.1) is 0 Å². The number of benzene rings is 4. The van der Waals surface area contributed by atoms with Crippen molar-refractivity contribution in [1.82, 2.24) is 35.5 Å². The Balaban J connectivity index is 1.28. The second-order valence-electron chi connectivity index (χ2n) is 9.56. The zero-order chi connectivity index (χ0) is 28.0. The number of H-pyrrole nitrogens is 1. The third-order valence-corrected chi connectivity index (χ3v) is 6.91. The molecule has 2 N–H and O–H groups in total. The number of hydrogen-bond acceptors (Lipinski definition) is 6. The molecule has 0 unspecified atom stereocenters. The van der Waals surface area contributed by atoms with E-state index in [1.165, 1.54) is 5.56 Å². The molecule has 0 saturated heterocycles. The zero-order valence-corrected chi connectivity index (χ0v) is 22.6. The number of rotatable bonds is 10. The number of aromatic amines is 1. The number of tetrazole rings is 1. The predicted molar refractivity (Wildman–Crippen MR) is 158 cm³/mol. The topological polar surface area (TPSA) is 111 Å². The summed E-state index contributed by atoms with van der Waals surface area (Å²) in [4.78, 5) is 18.1. The number of fused-ring (bicyclic) bond motifs is 1. The van der Waals surface area contributed by atoms with E-state index in [1.54, 1.807) is 0 Å². The van der Waals surface area contributed by atoms with E-state index in [0.717, 1.165) is 39.7 Å². The Hall–Kier alpha value is -5.31. The van der Waals surface area contributed by atoms with E-state index < -0.39 is 0 Å². The van der Waals surface area contributed by atoms with E-state index in [2.05, 4.69) is 62.3 Å². The van der Waals surface area contributed by atoms with Gasteiger partial charge in [-0.05, 0) is 52.9 Å². The van der Waals surface area contributed by atoms with Crippen LogP contribution in [0.15, 0.2) is 97.1 Å². The Morgan fingerprint density at radius 3 is 2.41 bits per heavy atom. The number of nitrogens with one attached hydrogen (secondary N) is 2. The standard InChI is InChI=1S/C32H29N7O2/c1-2-41-32-34-28-14-8-13-27(31(40)33-20-19-22-9-4-3-5-10-22)29(28)39(32)21-23-15-17-24(18-16-23)25-11-6-7-12-26(25)30-35-37-38-36-30/h3-18H,2,19-21H2,1H3,(H,33,40)(H,35,36,37,38). The molecule has 9 heteroatoms. The van der Waals surface area contributed by atoms with E-state index in [9.17, 15) is 4.79 Å². The van der Waals surface area contributed by atoms with Crippen LogP contribution in [-0.4, -0.2) is 49.2 Å². The number of carbonyl (C=O) groups excluding carboxylic acids is 1. The molecule has 0 aliphatic heterocycles. The zero-order valence-electron chi connectivity index (χ0n) is 22.6. The Kier molecular flexibility index (Phi) is 7.49. The van der Waals surface area contributed by atoms with Crippen LogP contribution in [-0.2, 0) is 13.0 Å². The molecule has 204 valence electrons. The molecule has 9 nitrogen and oxygen atoms in total. The number of ether oxygens (including phenoxy) is 1. The molecule has 0 atom stereocenters. The summed E-state index contributed by atoms with van der Waals surface area (Å²) in [7, 11) is 0. The molecule has 0 fully saturated rings. The molecule has 0 aliphatic carbocycles. The summed E-state index contributed by atoms with van der Waals surface area (Å²) in [6.07, 6.45) is 0.758. The lowest BCUT2D eigenvalue weighted by atomic mass is 9.98. The van der Waals surface area contributed by atoms with Gasteiger partial charge in [0.15, 0.2) is 0 Å². The second kappa shape index (κ2) is 11.8. The molecular weight excluding hydrogens is 514 g/mol. The molecule has 41 heavy (non-hydrogen) atoms. The summed E-state index contributed by atoms with van der Waals surface area (Å²) in [6.45, 7) is 3.43. The summed E-state index contributed by atoms with van der Waals surface area (Å²) in [5.74, 6) is 0.412. The fourth-order valence-corrected chi connectivity index (χ4v) is 4.97. The maximum absolute atomic E-state index is 13.3. The van der Waals surface area contributed by atoms with Gasteiger partial charge in [0.2, 0.25) is 5.82 Å². The summed E-state index contributed by atoms with van der Waals surface area (Å²) in [5, 5.41) is 17.6. The van der Waals surface area contributed by atoms with Crippen molar-refractivity contribution in [1.29, 1.82) is 0 Å². The van der Waals surface area contributed by atoms with Crippen LogP contribution >= 0.6 is 0 Å². The highest BCUT2D eigenvalue weighted by Crippen LogP contribution is 2.31. The first-order valence-electron chi connectivity index (χ1n) is 13.6. The second-order valence-corrected chi connectivity index (χ2v) is 9.56. The van der Waals surface area contributed by atoms with Gasteiger partial charge < -0.3 is 10.1 Å². The minimum absolute atomic E-state index is 0.135. The van der Waals surface area contributed by atoms with Gasteiger partial charge in [0.05, 0.1) is 29.7 Å². The monoisotopic (exact) mass is 543 g/mol. The normalized spacial score (nSPS) is 11.0. The summed E-state index contributed by atoms with van der Waals surface area (Å²) >= 11 is 0. The Bertz CT molecular complexity index is 1760. The first-order chi connectivity index (χ1) is 20.2. The SMILES string of the molecule is CCOc1nc2cccc(C(=O)NCCc3ccccc3)c2n1Cc1ccc(-c2ccccc2-c2nn[nH]n2)cc1. The summed E-state index contributed by atoms with van der Waals surface area (Å²) in [5.41, 5.74) is 7.21. The van der Waals surface area contributed by atoms with Crippen molar-refractivity contribution >= 4 is 16.9 Å². The van der Waals surface area contributed by atoms with Crippen LogP contribution in [0.3, 0.4) is 0 Å². The van der Waals surface area contributed by atoms with Crippen molar-refractivity contribution in [2.24, 2.45) is 0 Å². The average molecular weight is 544 g/mol. The minimum Gasteiger partial charge on any atom is -0.465 e. The van der Waals surface area contributed by atoms with Crippen LogP contribution in [0.4, 0.5) is 0 Å². The maximum Gasteiger partial charge on any atom is 0.297 e. The Morgan fingerprint density at radius 1 is 0.878 bits per heavy atom. The molecule has 4 aromatic carbocycles. The molecule has 1 amide bonds. The number of hydrogen-bond donors (Lipinski definition) is 2. The number of amides is 1. The van der Waals surface area contributed by atoms with Gasteiger partial charge in [0.25, 0.3) is 11.9 Å². The predicted octanol–water partition coefficient (Wildman–Crippen LogP) is 5.30. The van der Waals surface area contributed by atoms with E-state index in [-0.39, 0.29) is 5.91 Å². The quantitative estimate of drug-likeness (QED) is 0.243. The van der Waals surface area contributed by atoms with Crippen molar-refractivity contribution in [3.63, 3.8) is 0 Å². The molecule has 0 aliphatic rings. The molecule has 0 spiro atoms. The maximum atomic E-state index is 13.3. The highest BCUT2D eigenvalue weighted by Gasteiger charge is 2.19. The van der Waals surface area contributed by atoms with Gasteiger partial charge in [-0.2, -0.15) is 10.2 Å². The molecule has 0 saturated carbocycles. The molecule has 6 aromatic rings. The first-order valence-corrected chi connectivity index (χ1v) is 13.6. The minimum atomic E-state index is -0.135. The van der Waals surface area contributed by atoms with Crippen LogP contribution < -0.4 is 10.1 Å². The van der Waals surface area contributed by atoms with Gasteiger partial charge in [-0.3, -0.25) is 9.36 Å². The number of para-hydroxylation sites is 1. The van der Waals surface area contributed by atoms with E-state index in [4.69, 9.17) is 9.72 Å². The Morgan fingerprint density at radius 2 is 1.66 bits per heavy atom. The highest BCUT2D eigenvalue weighted by atomic mass is 16.5. The molecule has 2 aromatic heterocycles.